The van der Waals surface area contributed by atoms with Gasteiger partial charge < -0.3 is 4.43 Å². The van der Waals surface area contributed by atoms with Crippen molar-refractivity contribution >= 4 is 26.8 Å². The molecule has 0 saturated heterocycles. The first-order chi connectivity index (χ1) is 12.8. The molecule has 0 heterocycles. The van der Waals surface area contributed by atoms with E-state index < -0.39 is 16.4 Å². The molecule has 1 nitrogen and oxygen atoms in total. The van der Waals surface area contributed by atoms with Gasteiger partial charge in [-0.15, -0.1) is 6.58 Å². The Kier molecular flexibility index (Phi) is 5.94. The van der Waals surface area contributed by atoms with E-state index in [0.717, 1.165) is 6.42 Å². The van der Waals surface area contributed by atoms with Gasteiger partial charge in [-0.3, -0.25) is 0 Å². The summed E-state index contributed by atoms with van der Waals surface area (Å²) >= 11 is 0. The highest BCUT2D eigenvalue weighted by Crippen LogP contribution is 2.47. The lowest BCUT2D eigenvalue weighted by Crippen LogP contribution is -2.71. The molecular weight excluding hydrogens is 360 g/mol. The van der Waals surface area contributed by atoms with Crippen molar-refractivity contribution in [2.24, 2.45) is 5.92 Å². The van der Waals surface area contributed by atoms with Crippen LogP contribution in [0.25, 0.3) is 0 Å². The van der Waals surface area contributed by atoms with E-state index in [-0.39, 0.29) is 5.22 Å². The van der Waals surface area contributed by atoms with Gasteiger partial charge in [0.15, 0.2) is 0 Å². The van der Waals surface area contributed by atoms with Crippen molar-refractivity contribution in [1.29, 1.82) is 0 Å². The van der Waals surface area contributed by atoms with Gasteiger partial charge in [-0.25, -0.2) is 0 Å². The maximum absolute atomic E-state index is 7.40. The Hall–Kier alpha value is -1.43. The topological polar surface area (TPSA) is 9.23 Å². The lowest BCUT2D eigenvalue weighted by Gasteiger charge is -2.56. The summed E-state index contributed by atoms with van der Waals surface area (Å²) in [5.41, 5.74) is 0. The van der Waals surface area contributed by atoms with E-state index in [1.54, 1.807) is 0 Å². The van der Waals surface area contributed by atoms with E-state index >= 15 is 0 Å². The molecule has 0 bridgehead atoms. The van der Waals surface area contributed by atoms with Gasteiger partial charge in [-0.2, -0.15) is 0 Å². The zero-order chi connectivity index (χ0) is 19.5. The largest absolute Gasteiger partial charge is 0.409 e. The lowest BCUT2D eigenvalue weighted by atomic mass is 9.79. The van der Waals surface area contributed by atoms with E-state index in [0.29, 0.717) is 5.92 Å². The molecule has 0 aromatic heterocycles. The Morgan fingerprint density at radius 1 is 0.926 bits per heavy atom. The quantitative estimate of drug-likeness (QED) is 0.431. The van der Waals surface area contributed by atoms with Gasteiger partial charge >= 0.3 is 0 Å². The first kappa shape index (κ1) is 20.3. The summed E-state index contributed by atoms with van der Waals surface area (Å²) in [5, 5.41) is 2.80. The maximum atomic E-state index is 7.40. The molecule has 2 aromatic carbocycles. The van der Waals surface area contributed by atoms with Crippen LogP contribution in [0.2, 0.25) is 26.2 Å². The van der Waals surface area contributed by atoms with Crippen molar-refractivity contribution in [1.82, 2.24) is 0 Å². The van der Waals surface area contributed by atoms with Gasteiger partial charge in [-0.05, 0) is 43.5 Å². The fourth-order valence-electron chi connectivity index (χ4n) is 4.73. The highest BCUT2D eigenvalue weighted by molar-refractivity contribution is 6.93. The van der Waals surface area contributed by atoms with Crippen LogP contribution in [-0.2, 0) is 4.43 Å². The Morgan fingerprint density at radius 2 is 1.44 bits per heavy atom. The number of hydrogen-bond donors (Lipinski definition) is 0. The Balaban J connectivity index is 2.09. The molecule has 1 aliphatic rings. The maximum Gasteiger partial charge on any atom is 0.218 e. The molecule has 1 aliphatic carbocycles. The van der Waals surface area contributed by atoms with Crippen LogP contribution in [0, 0.1) is 5.92 Å². The van der Waals surface area contributed by atoms with Crippen LogP contribution in [0.4, 0.5) is 0 Å². The third kappa shape index (κ3) is 3.78. The zero-order valence-corrected chi connectivity index (χ0v) is 19.4. The molecule has 1 fully saturated rings. The molecule has 1 saturated carbocycles. The highest BCUT2D eigenvalue weighted by atomic mass is 28.4. The van der Waals surface area contributed by atoms with Gasteiger partial charge in [-0.1, -0.05) is 91.4 Å². The molecule has 144 valence electrons. The highest BCUT2D eigenvalue weighted by Gasteiger charge is 2.56. The predicted molar refractivity (Wildman–Crippen MR) is 123 cm³/mol. The van der Waals surface area contributed by atoms with Gasteiger partial charge in [0, 0.05) is 0 Å². The summed E-state index contributed by atoms with van der Waals surface area (Å²) in [6, 6.07) is 22.0. The van der Waals surface area contributed by atoms with E-state index in [4.69, 9.17) is 4.43 Å². The van der Waals surface area contributed by atoms with Crippen LogP contribution in [0.15, 0.2) is 73.3 Å². The third-order valence-electron chi connectivity index (χ3n) is 6.67. The normalized spacial score (nSPS) is 17.8. The summed E-state index contributed by atoms with van der Waals surface area (Å²) in [4.78, 5) is 0. The number of benzene rings is 2. The molecule has 0 N–H and O–H groups in total. The van der Waals surface area contributed by atoms with E-state index in [2.05, 4.69) is 99.5 Å². The summed E-state index contributed by atoms with van der Waals surface area (Å²) < 4.78 is 7.40. The molecule has 1 unspecified atom stereocenters. The first-order valence-electron chi connectivity index (χ1n) is 10.3. The first-order valence-corrected chi connectivity index (χ1v) is 16.2. The molecule has 0 amide bonds. The Bertz CT molecular complexity index is 750. The summed E-state index contributed by atoms with van der Waals surface area (Å²) in [6.45, 7) is 13.9. The molecule has 3 rings (SSSR count). The minimum atomic E-state index is -2.05. The van der Waals surface area contributed by atoms with Crippen LogP contribution >= 0.6 is 0 Å². The predicted octanol–water partition coefficient (Wildman–Crippen LogP) is 5.39. The van der Waals surface area contributed by atoms with E-state index in [1.807, 2.05) is 0 Å². The van der Waals surface area contributed by atoms with Crippen LogP contribution in [0.3, 0.4) is 0 Å². The minimum absolute atomic E-state index is 0.0834. The lowest BCUT2D eigenvalue weighted by molar-refractivity contribution is 0.0331. The second-order valence-corrected chi connectivity index (χ2v) is 17.5. The van der Waals surface area contributed by atoms with Gasteiger partial charge in [0.05, 0.1) is 5.22 Å². The average Bonchev–Trinajstić information content (AvgIpc) is 2.61. The summed E-state index contributed by atoms with van der Waals surface area (Å²) in [5.74, 6) is 0.646. The second kappa shape index (κ2) is 7.90. The van der Waals surface area contributed by atoms with Crippen LogP contribution in [0.5, 0.6) is 0 Å². The van der Waals surface area contributed by atoms with Crippen LogP contribution < -0.4 is 10.4 Å². The standard InChI is InChI=1S/C24H34OSi2/c1-6-20-24(21-14-13-15-21,26(2,3)22-16-9-7-10-17-22)25-27(4,5)23-18-11-8-12-19-23/h6-12,16-19,21H,1,13-15,20H2,2-5H3. The average molecular weight is 395 g/mol. The smallest absolute Gasteiger partial charge is 0.218 e. The molecule has 0 aliphatic heterocycles. The van der Waals surface area contributed by atoms with E-state index in [1.165, 1.54) is 29.6 Å². The molecule has 27 heavy (non-hydrogen) atoms. The summed E-state index contributed by atoms with van der Waals surface area (Å²) in [7, 11) is -3.97. The van der Waals surface area contributed by atoms with Gasteiger partial charge in [0.25, 0.3) is 0 Å². The molecule has 3 heteroatoms. The third-order valence-corrected chi connectivity index (χ3v) is 14.1. The number of rotatable bonds is 8. The van der Waals surface area contributed by atoms with Crippen molar-refractivity contribution in [3.05, 3.63) is 73.3 Å². The fourth-order valence-corrected chi connectivity index (χ4v) is 12.3. The Morgan fingerprint density at radius 3 is 1.89 bits per heavy atom. The minimum Gasteiger partial charge on any atom is -0.409 e. The van der Waals surface area contributed by atoms with Crippen LogP contribution in [-0.4, -0.2) is 21.6 Å². The van der Waals surface area contributed by atoms with Gasteiger partial charge in [0.1, 0.15) is 8.07 Å². The fraction of sp³-hybridized carbons (Fsp3) is 0.417. The second-order valence-electron chi connectivity index (χ2n) is 8.98. The SMILES string of the molecule is C=CCC(O[Si](C)(C)c1ccccc1)(C1CCC1)[Si](C)(C)c1ccccc1. The van der Waals surface area contributed by atoms with Crippen molar-refractivity contribution in [2.45, 2.75) is 57.1 Å². The molecule has 0 spiro atoms. The number of hydrogen-bond acceptors (Lipinski definition) is 1. The monoisotopic (exact) mass is 394 g/mol. The zero-order valence-electron chi connectivity index (χ0n) is 17.4. The molecular formula is C24H34OSi2. The molecule has 2 aromatic rings. The van der Waals surface area contributed by atoms with Gasteiger partial charge in [0.2, 0.25) is 8.32 Å². The van der Waals surface area contributed by atoms with Crippen molar-refractivity contribution in [3.8, 4) is 0 Å². The molecule has 0 radical (unpaired) electrons. The van der Waals surface area contributed by atoms with Crippen molar-refractivity contribution < 1.29 is 4.43 Å². The van der Waals surface area contributed by atoms with E-state index in [9.17, 15) is 0 Å². The van der Waals surface area contributed by atoms with Crippen molar-refractivity contribution in [3.63, 3.8) is 0 Å². The Labute approximate surface area is 167 Å². The summed E-state index contributed by atoms with van der Waals surface area (Å²) in [6.07, 6.45) is 6.98. The van der Waals surface area contributed by atoms with Crippen molar-refractivity contribution in [2.75, 3.05) is 0 Å². The van der Waals surface area contributed by atoms with Crippen LogP contribution in [0.1, 0.15) is 25.7 Å². The molecule has 1 atom stereocenters.